The van der Waals surface area contributed by atoms with Crippen molar-refractivity contribution in [2.75, 3.05) is 11.9 Å². The van der Waals surface area contributed by atoms with Crippen LogP contribution in [0.25, 0.3) is 0 Å². The molecule has 1 amide bonds. The lowest BCUT2D eigenvalue weighted by Crippen LogP contribution is -2.12. The molecule has 0 spiro atoms. The van der Waals surface area contributed by atoms with Crippen molar-refractivity contribution >= 4 is 49.2 Å². The maximum absolute atomic E-state index is 12.2. The van der Waals surface area contributed by atoms with Crippen LogP contribution in [-0.4, -0.2) is 18.3 Å². The second-order valence-corrected chi connectivity index (χ2v) is 7.54. The third kappa shape index (κ3) is 5.52. The van der Waals surface area contributed by atoms with Gasteiger partial charge < -0.3 is 10.1 Å². The topological polar surface area (TPSA) is 55.4 Å². The molecule has 0 fully saturated rings. The molecule has 3 aromatic carbocycles. The predicted molar refractivity (Wildman–Crippen MR) is 113 cm³/mol. The van der Waals surface area contributed by atoms with E-state index in [1.807, 2.05) is 24.3 Å². The first kappa shape index (κ1) is 19.3. The zero-order valence-corrected chi connectivity index (χ0v) is 17.3. The third-order valence-corrected chi connectivity index (χ3v) is 4.81. The van der Waals surface area contributed by atoms with Crippen molar-refractivity contribution in [2.24, 2.45) is 0 Å². The molecule has 0 heterocycles. The van der Waals surface area contributed by atoms with Crippen LogP contribution in [-0.2, 0) is 0 Å². The number of hydrogen-bond acceptors (Lipinski definition) is 3. The normalized spacial score (nSPS) is 10.3. The molecule has 0 aliphatic heterocycles. The van der Waals surface area contributed by atoms with Gasteiger partial charge in [-0.25, -0.2) is 0 Å². The highest BCUT2D eigenvalue weighted by Gasteiger charge is 2.08. The van der Waals surface area contributed by atoms with Crippen molar-refractivity contribution in [3.8, 4) is 5.75 Å². The number of anilines is 1. The molecule has 0 saturated heterocycles. The van der Waals surface area contributed by atoms with E-state index in [2.05, 4.69) is 37.2 Å². The molecule has 1 N–H and O–H groups in total. The van der Waals surface area contributed by atoms with Gasteiger partial charge in [-0.1, -0.05) is 44.0 Å². The molecule has 0 saturated carbocycles. The Hall–Kier alpha value is -2.44. The summed E-state index contributed by atoms with van der Waals surface area (Å²) in [5, 5.41) is 2.82. The molecule has 0 radical (unpaired) electrons. The molecule has 0 atom stereocenters. The minimum Gasteiger partial charge on any atom is -0.485 e. The summed E-state index contributed by atoms with van der Waals surface area (Å²) in [6.07, 6.45) is 0. The van der Waals surface area contributed by atoms with Crippen molar-refractivity contribution in [2.45, 2.75) is 0 Å². The Labute approximate surface area is 173 Å². The van der Waals surface area contributed by atoms with Crippen molar-refractivity contribution in [1.29, 1.82) is 0 Å². The fraction of sp³-hybridized carbons (Fsp3) is 0.0476. The second kappa shape index (κ2) is 8.97. The van der Waals surface area contributed by atoms with E-state index >= 15 is 0 Å². The maximum Gasteiger partial charge on any atom is 0.255 e. The van der Waals surface area contributed by atoms with Crippen molar-refractivity contribution < 1.29 is 14.3 Å². The molecule has 3 rings (SSSR count). The van der Waals surface area contributed by atoms with E-state index in [0.29, 0.717) is 22.6 Å². The number of carbonyl (C=O) groups excluding carboxylic acids is 2. The predicted octanol–water partition coefficient (Wildman–Crippen LogP) is 5.73. The molecule has 0 aromatic heterocycles. The van der Waals surface area contributed by atoms with Gasteiger partial charge in [0, 0.05) is 25.8 Å². The van der Waals surface area contributed by atoms with Crippen LogP contribution in [0.1, 0.15) is 20.7 Å². The Morgan fingerprint density at radius 2 is 1.26 bits per heavy atom. The first-order valence-electron chi connectivity index (χ1n) is 8.10. The molecule has 0 unspecified atom stereocenters. The number of ether oxygens (including phenoxy) is 1. The number of nitrogens with one attached hydrogen (secondary N) is 1. The highest BCUT2D eigenvalue weighted by molar-refractivity contribution is 9.10. The van der Waals surface area contributed by atoms with Crippen molar-refractivity contribution in [1.82, 2.24) is 0 Å². The van der Waals surface area contributed by atoms with E-state index in [0.717, 1.165) is 8.95 Å². The fourth-order valence-electron chi connectivity index (χ4n) is 2.31. The molecule has 4 nitrogen and oxygen atoms in total. The van der Waals surface area contributed by atoms with Crippen LogP contribution in [0.3, 0.4) is 0 Å². The number of halogens is 2. The summed E-state index contributed by atoms with van der Waals surface area (Å²) < 4.78 is 7.36. The minimum absolute atomic E-state index is 0.0494. The number of Topliss-reactive ketones (excluding diaryl/α,β-unsaturated/α-hetero) is 1. The lowest BCUT2D eigenvalue weighted by atomic mass is 10.1. The van der Waals surface area contributed by atoms with E-state index in [1.165, 1.54) is 0 Å². The van der Waals surface area contributed by atoms with Gasteiger partial charge in [0.05, 0.1) is 0 Å². The van der Waals surface area contributed by atoms with Gasteiger partial charge in [-0.3, -0.25) is 9.59 Å². The number of rotatable bonds is 6. The Morgan fingerprint density at radius 1 is 0.741 bits per heavy atom. The molecule has 136 valence electrons. The quantitative estimate of drug-likeness (QED) is 0.451. The summed E-state index contributed by atoms with van der Waals surface area (Å²) in [6.45, 7) is -0.0494. The Balaban J connectivity index is 1.55. The van der Waals surface area contributed by atoms with Crippen LogP contribution >= 0.6 is 31.9 Å². The van der Waals surface area contributed by atoms with Crippen LogP contribution in [0.5, 0.6) is 5.75 Å². The molecule has 0 aliphatic carbocycles. The van der Waals surface area contributed by atoms with E-state index in [9.17, 15) is 9.59 Å². The minimum atomic E-state index is -0.193. The van der Waals surface area contributed by atoms with Crippen LogP contribution in [0.2, 0.25) is 0 Å². The summed E-state index contributed by atoms with van der Waals surface area (Å²) in [5.74, 6) is 0.263. The van der Waals surface area contributed by atoms with Gasteiger partial charge in [-0.2, -0.15) is 0 Å². The molecule has 3 aromatic rings. The average molecular weight is 489 g/mol. The molecule has 0 bridgehead atoms. The first-order valence-corrected chi connectivity index (χ1v) is 9.68. The van der Waals surface area contributed by atoms with Crippen LogP contribution in [0.15, 0.2) is 81.7 Å². The fourth-order valence-corrected chi connectivity index (χ4v) is 2.84. The maximum atomic E-state index is 12.2. The Morgan fingerprint density at radius 3 is 1.81 bits per heavy atom. The van der Waals surface area contributed by atoms with Crippen LogP contribution in [0, 0.1) is 0 Å². The van der Waals surface area contributed by atoms with Crippen molar-refractivity contribution in [3.63, 3.8) is 0 Å². The van der Waals surface area contributed by atoms with Crippen LogP contribution in [0.4, 0.5) is 5.69 Å². The van der Waals surface area contributed by atoms with Gasteiger partial charge in [0.15, 0.2) is 12.4 Å². The average Bonchev–Trinajstić information content (AvgIpc) is 2.68. The lowest BCUT2D eigenvalue weighted by molar-refractivity contribution is 0.0921. The monoisotopic (exact) mass is 487 g/mol. The number of hydrogen-bond donors (Lipinski definition) is 1. The molecule has 6 heteroatoms. The number of ketones is 1. The van der Waals surface area contributed by atoms with Gasteiger partial charge in [-0.15, -0.1) is 0 Å². The standard InChI is InChI=1S/C21H15Br2NO3/c22-16-5-1-14(2-6-16)20(25)13-27-19-11-9-18(10-12-19)24-21(26)15-3-7-17(23)8-4-15/h1-12H,13H2,(H,24,26). The number of amides is 1. The molecule has 0 aliphatic rings. The van der Waals surface area contributed by atoms with Gasteiger partial charge in [-0.05, 0) is 60.7 Å². The van der Waals surface area contributed by atoms with E-state index in [1.54, 1.807) is 48.5 Å². The Kier molecular flexibility index (Phi) is 6.42. The SMILES string of the molecule is O=C(COc1ccc(NC(=O)c2ccc(Br)cc2)cc1)c1ccc(Br)cc1. The Bertz CT molecular complexity index is 937. The van der Waals surface area contributed by atoms with Crippen LogP contribution < -0.4 is 10.1 Å². The second-order valence-electron chi connectivity index (χ2n) is 5.70. The molecular formula is C21H15Br2NO3. The zero-order valence-electron chi connectivity index (χ0n) is 14.1. The van der Waals surface area contributed by atoms with E-state index in [4.69, 9.17) is 4.74 Å². The zero-order chi connectivity index (χ0) is 19.2. The molecule has 27 heavy (non-hydrogen) atoms. The largest absolute Gasteiger partial charge is 0.485 e. The van der Waals surface area contributed by atoms with Gasteiger partial charge in [0.1, 0.15) is 5.75 Å². The first-order chi connectivity index (χ1) is 13.0. The lowest BCUT2D eigenvalue weighted by Gasteiger charge is -2.08. The summed E-state index contributed by atoms with van der Waals surface area (Å²) in [6, 6.07) is 21.1. The number of benzene rings is 3. The summed E-state index contributed by atoms with van der Waals surface area (Å²) >= 11 is 6.68. The van der Waals surface area contributed by atoms with Gasteiger partial charge >= 0.3 is 0 Å². The number of carbonyl (C=O) groups is 2. The smallest absolute Gasteiger partial charge is 0.255 e. The van der Waals surface area contributed by atoms with Gasteiger partial charge in [0.25, 0.3) is 5.91 Å². The summed E-state index contributed by atoms with van der Waals surface area (Å²) in [5.41, 5.74) is 1.81. The summed E-state index contributed by atoms with van der Waals surface area (Å²) in [7, 11) is 0. The summed E-state index contributed by atoms with van der Waals surface area (Å²) in [4.78, 5) is 24.3. The third-order valence-electron chi connectivity index (χ3n) is 3.75. The van der Waals surface area contributed by atoms with E-state index in [-0.39, 0.29) is 18.3 Å². The van der Waals surface area contributed by atoms with E-state index < -0.39 is 0 Å². The van der Waals surface area contributed by atoms with Gasteiger partial charge in [0.2, 0.25) is 0 Å². The van der Waals surface area contributed by atoms with Crippen molar-refractivity contribution in [3.05, 3.63) is 92.9 Å². The highest BCUT2D eigenvalue weighted by atomic mass is 79.9. The highest BCUT2D eigenvalue weighted by Crippen LogP contribution is 2.18. The molecular weight excluding hydrogens is 474 g/mol.